The second-order valence-electron chi connectivity index (χ2n) is 7.20. The largest absolute Gasteiger partial charge is 0.490 e. The lowest BCUT2D eigenvalue weighted by Crippen LogP contribution is -2.36. The molecule has 0 radical (unpaired) electrons. The van der Waals surface area contributed by atoms with E-state index < -0.39 is 5.82 Å². The number of likely N-dealkylation sites (tertiary alicyclic amines) is 1. The molecule has 0 spiro atoms. The third-order valence-electron chi connectivity index (χ3n) is 5.19. The summed E-state index contributed by atoms with van der Waals surface area (Å²) >= 11 is 0. The Morgan fingerprint density at radius 1 is 1.19 bits per heavy atom. The molecule has 1 fully saturated rings. The van der Waals surface area contributed by atoms with Crippen LogP contribution in [-0.2, 0) is 11.3 Å². The summed E-state index contributed by atoms with van der Waals surface area (Å²) in [6.07, 6.45) is 4.87. The van der Waals surface area contributed by atoms with Gasteiger partial charge >= 0.3 is 0 Å². The van der Waals surface area contributed by atoms with E-state index in [1.54, 1.807) is 6.07 Å². The minimum absolute atomic E-state index is 0.138. The van der Waals surface area contributed by atoms with Crippen molar-refractivity contribution in [3.63, 3.8) is 0 Å². The lowest BCUT2D eigenvalue weighted by atomic mass is 10.0. The molecule has 4 heteroatoms. The molecule has 1 saturated heterocycles. The molecule has 1 aliphatic heterocycles. The molecule has 1 heterocycles. The number of benzene rings is 2. The Hall–Kier alpha value is -2.33. The van der Waals surface area contributed by atoms with Gasteiger partial charge in [0, 0.05) is 25.2 Å². The van der Waals surface area contributed by atoms with Crippen molar-refractivity contribution in [3.8, 4) is 0 Å². The van der Waals surface area contributed by atoms with Crippen molar-refractivity contribution < 1.29 is 9.13 Å². The molecule has 0 aromatic heterocycles. The van der Waals surface area contributed by atoms with Crippen molar-refractivity contribution in [1.29, 1.82) is 0 Å². The minimum Gasteiger partial charge on any atom is -0.490 e. The zero-order valence-electron chi connectivity index (χ0n) is 16.2. The maximum atomic E-state index is 13.8. The summed E-state index contributed by atoms with van der Waals surface area (Å²) in [4.78, 5) is 2.47. The number of ether oxygens (including phenoxy) is 1. The van der Waals surface area contributed by atoms with Gasteiger partial charge in [0.05, 0.1) is 5.69 Å². The van der Waals surface area contributed by atoms with Crippen LogP contribution in [0.1, 0.15) is 42.9 Å². The second kappa shape index (κ2) is 9.05. The first-order valence-corrected chi connectivity index (χ1v) is 9.76. The highest BCUT2D eigenvalue weighted by molar-refractivity contribution is 5.71. The monoisotopic (exact) mass is 368 g/mol. The Bertz CT molecular complexity index is 795. The smallest absolute Gasteiger partial charge is 0.146 e. The molecule has 2 N–H and O–H groups in total. The van der Waals surface area contributed by atoms with Gasteiger partial charge in [-0.1, -0.05) is 37.3 Å². The fourth-order valence-corrected chi connectivity index (χ4v) is 3.55. The van der Waals surface area contributed by atoms with Gasteiger partial charge in [0.15, 0.2) is 0 Å². The average molecular weight is 368 g/mol. The number of hydrogen-bond acceptors (Lipinski definition) is 3. The predicted molar refractivity (Wildman–Crippen MR) is 110 cm³/mol. The molecule has 0 saturated carbocycles. The van der Waals surface area contributed by atoms with Gasteiger partial charge in [0.2, 0.25) is 0 Å². The summed E-state index contributed by atoms with van der Waals surface area (Å²) in [5.41, 5.74) is 9.47. The molecule has 144 valence electrons. The average Bonchev–Trinajstić information content (AvgIpc) is 2.67. The van der Waals surface area contributed by atoms with Gasteiger partial charge in [-0.3, -0.25) is 4.90 Å². The van der Waals surface area contributed by atoms with Crippen LogP contribution in [0.15, 0.2) is 48.5 Å². The van der Waals surface area contributed by atoms with Gasteiger partial charge < -0.3 is 10.5 Å². The van der Waals surface area contributed by atoms with Gasteiger partial charge in [0.25, 0.3) is 0 Å². The first kappa shape index (κ1) is 19.4. The molecule has 2 aromatic rings. The van der Waals surface area contributed by atoms with Crippen molar-refractivity contribution in [3.05, 3.63) is 71.0 Å². The minimum atomic E-state index is -0.397. The van der Waals surface area contributed by atoms with Gasteiger partial charge in [-0.15, -0.1) is 0 Å². The third kappa shape index (κ3) is 4.89. The molecule has 0 bridgehead atoms. The number of halogens is 1. The maximum absolute atomic E-state index is 13.8. The highest BCUT2D eigenvalue weighted by Gasteiger charge is 2.22. The van der Waals surface area contributed by atoms with Crippen LogP contribution in [0, 0.1) is 12.7 Å². The summed E-state index contributed by atoms with van der Waals surface area (Å²) < 4.78 is 20.1. The van der Waals surface area contributed by atoms with E-state index in [9.17, 15) is 4.39 Å². The zero-order valence-corrected chi connectivity index (χ0v) is 16.2. The van der Waals surface area contributed by atoms with Gasteiger partial charge in [-0.05, 0) is 55.5 Å². The highest BCUT2D eigenvalue weighted by Crippen LogP contribution is 2.29. The molecule has 0 amide bonds. The Morgan fingerprint density at radius 3 is 2.63 bits per heavy atom. The molecule has 1 aliphatic rings. The molecule has 3 rings (SSSR count). The first-order valence-electron chi connectivity index (χ1n) is 9.76. The van der Waals surface area contributed by atoms with Gasteiger partial charge in [0.1, 0.15) is 17.7 Å². The molecule has 2 aromatic carbocycles. The molecular weight excluding hydrogens is 339 g/mol. The molecule has 0 aliphatic carbocycles. The zero-order chi connectivity index (χ0) is 19.2. The summed E-state index contributed by atoms with van der Waals surface area (Å²) in [5, 5.41) is 0. The lowest BCUT2D eigenvalue weighted by molar-refractivity contribution is 0.0768. The van der Waals surface area contributed by atoms with Crippen LogP contribution in [0.4, 0.5) is 10.1 Å². The van der Waals surface area contributed by atoms with Crippen LogP contribution in [0.25, 0.3) is 5.76 Å². The van der Waals surface area contributed by atoms with E-state index in [0.717, 1.165) is 38.9 Å². The summed E-state index contributed by atoms with van der Waals surface area (Å²) in [6.45, 7) is 7.18. The Kier molecular flexibility index (Phi) is 6.51. The van der Waals surface area contributed by atoms with Crippen molar-refractivity contribution in [1.82, 2.24) is 4.90 Å². The number of aryl methyl sites for hydroxylation is 1. The Balaban J connectivity index is 1.61. The normalized spacial score (nSPS) is 16.5. The number of nitrogen functional groups attached to an aromatic ring is 1. The molecule has 3 nitrogen and oxygen atoms in total. The molecular formula is C23H29FN2O. The van der Waals surface area contributed by atoms with E-state index in [1.807, 2.05) is 19.1 Å². The second-order valence-corrected chi connectivity index (χ2v) is 7.20. The number of nitrogens with two attached hydrogens (primary N) is 1. The highest BCUT2D eigenvalue weighted by atomic mass is 19.1. The number of allylic oxidation sites excluding steroid dienone is 1. The SMILES string of the molecule is CC/C=C(/OC1CCN(Cc2ccccc2C)CC1)c1cccc(F)c1N. The van der Waals surface area contributed by atoms with Crippen LogP contribution >= 0.6 is 0 Å². The Morgan fingerprint density at radius 2 is 1.93 bits per heavy atom. The van der Waals surface area contributed by atoms with Crippen LogP contribution in [0.3, 0.4) is 0 Å². The summed E-state index contributed by atoms with van der Waals surface area (Å²) in [6, 6.07) is 13.4. The quantitative estimate of drug-likeness (QED) is 0.566. The number of nitrogens with zero attached hydrogens (tertiary/aromatic N) is 1. The number of anilines is 1. The standard InChI is InChI=1S/C23H29FN2O/c1-3-7-22(20-10-6-11-21(24)23(20)25)27-19-12-14-26(15-13-19)16-18-9-5-4-8-17(18)2/h4-11,19H,3,12-16,25H2,1-2H3/b22-7+. The molecule has 0 atom stereocenters. The van der Waals surface area contributed by atoms with Gasteiger partial charge in [-0.25, -0.2) is 4.39 Å². The lowest BCUT2D eigenvalue weighted by Gasteiger charge is -2.33. The third-order valence-corrected chi connectivity index (χ3v) is 5.19. The Labute approximate surface area is 161 Å². The maximum Gasteiger partial charge on any atom is 0.146 e. The van der Waals surface area contributed by atoms with E-state index in [-0.39, 0.29) is 11.8 Å². The number of para-hydroxylation sites is 1. The van der Waals surface area contributed by atoms with Crippen LogP contribution in [0.5, 0.6) is 0 Å². The van der Waals surface area contributed by atoms with Crippen molar-refractivity contribution in [2.45, 2.75) is 45.8 Å². The molecule has 0 unspecified atom stereocenters. The summed E-state index contributed by atoms with van der Waals surface area (Å²) in [5.74, 6) is 0.304. The predicted octanol–water partition coefficient (Wildman–Crippen LogP) is 5.15. The first-order chi connectivity index (χ1) is 13.1. The van der Waals surface area contributed by atoms with Crippen LogP contribution < -0.4 is 5.73 Å². The fourth-order valence-electron chi connectivity index (χ4n) is 3.55. The van der Waals surface area contributed by atoms with Crippen molar-refractivity contribution >= 4 is 11.4 Å². The van der Waals surface area contributed by atoms with E-state index >= 15 is 0 Å². The summed E-state index contributed by atoms with van der Waals surface area (Å²) in [7, 11) is 0. The van der Waals surface area contributed by atoms with E-state index in [0.29, 0.717) is 11.3 Å². The number of piperidine rings is 1. The molecule has 27 heavy (non-hydrogen) atoms. The topological polar surface area (TPSA) is 38.5 Å². The van der Waals surface area contributed by atoms with Gasteiger partial charge in [-0.2, -0.15) is 0 Å². The van der Waals surface area contributed by atoms with Crippen molar-refractivity contribution in [2.75, 3.05) is 18.8 Å². The van der Waals surface area contributed by atoms with Crippen LogP contribution in [-0.4, -0.2) is 24.1 Å². The fraction of sp³-hybridized carbons (Fsp3) is 0.391. The van der Waals surface area contributed by atoms with E-state index in [2.05, 4.69) is 36.1 Å². The van der Waals surface area contributed by atoms with Crippen molar-refractivity contribution in [2.24, 2.45) is 0 Å². The number of hydrogen-bond donors (Lipinski definition) is 1. The van der Waals surface area contributed by atoms with E-state index in [1.165, 1.54) is 17.2 Å². The number of rotatable bonds is 6. The van der Waals surface area contributed by atoms with Crippen LogP contribution in [0.2, 0.25) is 0 Å². The van der Waals surface area contributed by atoms with E-state index in [4.69, 9.17) is 10.5 Å².